The Labute approximate surface area is 115 Å². The number of rotatable bonds is 6. The fourth-order valence-electron chi connectivity index (χ4n) is 1.20. The van der Waals surface area contributed by atoms with E-state index in [4.69, 9.17) is 16.3 Å². The van der Waals surface area contributed by atoms with Gasteiger partial charge in [0.15, 0.2) is 6.61 Å². The summed E-state index contributed by atoms with van der Waals surface area (Å²) in [5.41, 5.74) is 0. The van der Waals surface area contributed by atoms with Gasteiger partial charge < -0.3 is 10.1 Å². The molecule has 0 saturated heterocycles. The molecule has 5 heteroatoms. The van der Waals surface area contributed by atoms with Crippen LogP contribution in [0, 0.1) is 0 Å². The second kappa shape index (κ2) is 7.56. The standard InChI is InChI=1S/C12H15BrClNO2/c1-2-10(7-13)15-12(16)8-17-11-5-3-9(14)4-6-11/h3-6,10H,2,7-8H2,1H3,(H,15,16). The number of alkyl halides is 1. The first-order valence-corrected chi connectivity index (χ1v) is 6.89. The fraction of sp³-hybridized carbons (Fsp3) is 0.417. The normalized spacial score (nSPS) is 11.9. The van der Waals surface area contributed by atoms with Gasteiger partial charge in [-0.2, -0.15) is 0 Å². The molecule has 1 unspecified atom stereocenters. The van der Waals surface area contributed by atoms with Crippen molar-refractivity contribution in [2.45, 2.75) is 19.4 Å². The molecular weight excluding hydrogens is 305 g/mol. The highest BCUT2D eigenvalue weighted by molar-refractivity contribution is 9.09. The van der Waals surface area contributed by atoms with Crippen molar-refractivity contribution in [2.24, 2.45) is 0 Å². The SMILES string of the molecule is CCC(CBr)NC(=O)COc1ccc(Cl)cc1. The van der Waals surface area contributed by atoms with Crippen molar-refractivity contribution in [3.63, 3.8) is 0 Å². The van der Waals surface area contributed by atoms with Gasteiger partial charge >= 0.3 is 0 Å². The third-order valence-electron chi connectivity index (χ3n) is 2.23. The highest BCUT2D eigenvalue weighted by Gasteiger charge is 2.09. The van der Waals surface area contributed by atoms with Gasteiger partial charge in [0.25, 0.3) is 5.91 Å². The number of benzene rings is 1. The van der Waals surface area contributed by atoms with E-state index in [9.17, 15) is 4.79 Å². The second-order valence-electron chi connectivity index (χ2n) is 3.57. The highest BCUT2D eigenvalue weighted by Crippen LogP contribution is 2.15. The first-order valence-electron chi connectivity index (χ1n) is 5.39. The molecule has 0 saturated carbocycles. The molecule has 1 amide bonds. The summed E-state index contributed by atoms with van der Waals surface area (Å²) in [5.74, 6) is 0.516. The van der Waals surface area contributed by atoms with Crippen molar-refractivity contribution in [2.75, 3.05) is 11.9 Å². The van der Waals surface area contributed by atoms with Crippen molar-refractivity contribution < 1.29 is 9.53 Å². The van der Waals surface area contributed by atoms with E-state index < -0.39 is 0 Å². The number of carbonyl (C=O) groups excluding carboxylic acids is 1. The van der Waals surface area contributed by atoms with Crippen LogP contribution in [0.2, 0.25) is 5.02 Å². The van der Waals surface area contributed by atoms with E-state index >= 15 is 0 Å². The van der Waals surface area contributed by atoms with E-state index in [1.54, 1.807) is 24.3 Å². The first-order chi connectivity index (χ1) is 8.15. The van der Waals surface area contributed by atoms with Gasteiger partial charge in [-0.25, -0.2) is 0 Å². The molecular formula is C12H15BrClNO2. The number of hydrogen-bond donors (Lipinski definition) is 1. The van der Waals surface area contributed by atoms with E-state index in [1.165, 1.54) is 0 Å². The van der Waals surface area contributed by atoms with Crippen molar-refractivity contribution >= 4 is 33.4 Å². The van der Waals surface area contributed by atoms with Crippen LogP contribution in [0.3, 0.4) is 0 Å². The van der Waals surface area contributed by atoms with Crippen LogP contribution in [0.25, 0.3) is 0 Å². The maximum absolute atomic E-state index is 11.5. The number of carbonyl (C=O) groups is 1. The molecule has 0 aromatic heterocycles. The van der Waals surface area contributed by atoms with Gasteiger partial charge in [0.05, 0.1) is 0 Å². The molecule has 0 aliphatic carbocycles. The van der Waals surface area contributed by atoms with E-state index in [0.717, 1.165) is 11.8 Å². The molecule has 1 aromatic carbocycles. The number of ether oxygens (including phenoxy) is 1. The molecule has 1 atom stereocenters. The van der Waals surface area contributed by atoms with Crippen LogP contribution < -0.4 is 10.1 Å². The summed E-state index contributed by atoms with van der Waals surface area (Å²) in [6.07, 6.45) is 0.887. The van der Waals surface area contributed by atoms with Crippen molar-refractivity contribution in [1.82, 2.24) is 5.32 Å². The summed E-state index contributed by atoms with van der Waals surface area (Å²) in [5, 5.41) is 4.25. The molecule has 0 aliphatic rings. The topological polar surface area (TPSA) is 38.3 Å². The molecule has 0 fully saturated rings. The van der Waals surface area contributed by atoms with Gasteiger partial charge in [-0.3, -0.25) is 4.79 Å². The van der Waals surface area contributed by atoms with Crippen LogP contribution >= 0.6 is 27.5 Å². The summed E-state index contributed by atoms with van der Waals surface area (Å²) < 4.78 is 5.33. The Kier molecular flexibility index (Phi) is 6.37. The molecule has 0 bridgehead atoms. The van der Waals surface area contributed by atoms with Crippen LogP contribution in [0.15, 0.2) is 24.3 Å². The van der Waals surface area contributed by atoms with Gasteiger partial charge in [-0.05, 0) is 30.7 Å². The summed E-state index contributed by atoms with van der Waals surface area (Å²) in [4.78, 5) is 11.5. The number of halogens is 2. The molecule has 3 nitrogen and oxygen atoms in total. The Morgan fingerprint density at radius 3 is 2.65 bits per heavy atom. The maximum Gasteiger partial charge on any atom is 0.258 e. The van der Waals surface area contributed by atoms with Gasteiger partial charge in [0.2, 0.25) is 0 Å². The average molecular weight is 321 g/mol. The lowest BCUT2D eigenvalue weighted by Gasteiger charge is -2.14. The zero-order valence-corrected chi connectivity index (χ0v) is 11.9. The third-order valence-corrected chi connectivity index (χ3v) is 3.26. The molecule has 1 N–H and O–H groups in total. The highest BCUT2D eigenvalue weighted by atomic mass is 79.9. The summed E-state index contributed by atoms with van der Waals surface area (Å²) in [6.45, 7) is 2.04. The minimum absolute atomic E-state index is 0.0190. The predicted molar refractivity (Wildman–Crippen MR) is 73.0 cm³/mol. The lowest BCUT2D eigenvalue weighted by atomic mass is 10.2. The Morgan fingerprint density at radius 2 is 2.12 bits per heavy atom. The van der Waals surface area contributed by atoms with Crippen LogP contribution in [0.5, 0.6) is 5.75 Å². The van der Waals surface area contributed by atoms with E-state index in [1.807, 2.05) is 6.92 Å². The lowest BCUT2D eigenvalue weighted by Crippen LogP contribution is -2.38. The van der Waals surface area contributed by atoms with Gasteiger partial charge in [-0.1, -0.05) is 34.5 Å². The lowest BCUT2D eigenvalue weighted by molar-refractivity contribution is -0.123. The zero-order chi connectivity index (χ0) is 12.7. The Balaban J connectivity index is 2.35. The number of amides is 1. The molecule has 0 heterocycles. The molecule has 0 radical (unpaired) electrons. The Morgan fingerprint density at radius 1 is 1.47 bits per heavy atom. The largest absolute Gasteiger partial charge is 0.484 e. The minimum Gasteiger partial charge on any atom is -0.484 e. The fourth-order valence-corrected chi connectivity index (χ4v) is 1.94. The molecule has 1 aromatic rings. The van der Waals surface area contributed by atoms with Crippen LogP contribution in [0.1, 0.15) is 13.3 Å². The van der Waals surface area contributed by atoms with Gasteiger partial charge in [0, 0.05) is 16.4 Å². The van der Waals surface area contributed by atoms with Gasteiger partial charge in [-0.15, -0.1) is 0 Å². The van der Waals surface area contributed by atoms with Crippen molar-refractivity contribution in [3.05, 3.63) is 29.3 Å². The number of nitrogens with one attached hydrogen (secondary N) is 1. The maximum atomic E-state index is 11.5. The zero-order valence-electron chi connectivity index (χ0n) is 9.58. The van der Waals surface area contributed by atoms with Crippen LogP contribution in [0.4, 0.5) is 0 Å². The van der Waals surface area contributed by atoms with Crippen LogP contribution in [-0.2, 0) is 4.79 Å². The predicted octanol–water partition coefficient (Wildman–Crippen LogP) is 3.01. The quantitative estimate of drug-likeness (QED) is 0.818. The number of hydrogen-bond acceptors (Lipinski definition) is 2. The second-order valence-corrected chi connectivity index (χ2v) is 4.65. The molecule has 1 rings (SSSR count). The molecule has 0 aliphatic heterocycles. The summed E-state index contributed by atoms with van der Waals surface area (Å²) in [7, 11) is 0. The summed E-state index contributed by atoms with van der Waals surface area (Å²) >= 11 is 9.08. The summed E-state index contributed by atoms with van der Waals surface area (Å²) in [6, 6.07) is 7.07. The molecule has 94 valence electrons. The van der Waals surface area contributed by atoms with Crippen LogP contribution in [-0.4, -0.2) is 23.9 Å². The van der Waals surface area contributed by atoms with Crippen molar-refractivity contribution in [1.29, 1.82) is 0 Å². The first kappa shape index (κ1) is 14.3. The minimum atomic E-state index is -0.119. The molecule has 17 heavy (non-hydrogen) atoms. The average Bonchev–Trinajstić information content (AvgIpc) is 2.35. The van der Waals surface area contributed by atoms with Crippen molar-refractivity contribution in [3.8, 4) is 5.75 Å². The van der Waals surface area contributed by atoms with E-state index in [-0.39, 0.29) is 18.6 Å². The molecule has 0 spiro atoms. The monoisotopic (exact) mass is 319 g/mol. The van der Waals surface area contributed by atoms with E-state index in [2.05, 4.69) is 21.2 Å². The third kappa shape index (κ3) is 5.41. The smallest absolute Gasteiger partial charge is 0.258 e. The Bertz CT molecular complexity index is 352. The van der Waals surface area contributed by atoms with E-state index in [0.29, 0.717) is 10.8 Å². The Hall–Kier alpha value is -0.740. The van der Waals surface area contributed by atoms with Gasteiger partial charge in [0.1, 0.15) is 5.75 Å².